The molecule has 3 heteroatoms. The number of rotatable bonds is 0. The van der Waals surface area contributed by atoms with Gasteiger partial charge in [-0.15, -0.1) is 0 Å². The number of pyridine rings is 1. The third-order valence-corrected chi connectivity index (χ3v) is 1.45. The highest BCUT2D eigenvalue weighted by Crippen LogP contribution is 1.94. The number of H-pyrrole nitrogens is 1. The second-order valence-corrected chi connectivity index (χ2v) is 2.09. The van der Waals surface area contributed by atoms with Crippen molar-refractivity contribution in [1.82, 2.24) is 9.38 Å². The molecule has 0 radical (unpaired) electrons. The molecule has 10 heavy (non-hydrogen) atoms. The molecule has 50 valence electrons. The van der Waals surface area contributed by atoms with Gasteiger partial charge in [-0.2, -0.15) is 0 Å². The van der Waals surface area contributed by atoms with Crippen LogP contribution in [-0.2, 0) is 0 Å². The summed E-state index contributed by atoms with van der Waals surface area (Å²) >= 11 is 0. The number of aromatic amines is 1. The highest BCUT2D eigenvalue weighted by atomic mass is 16.2. The summed E-state index contributed by atoms with van der Waals surface area (Å²) in [5, 5.41) is 0. The average Bonchev–Trinajstić information content (AvgIpc) is 2.34. The Balaban J connectivity index is 3.07. The first-order valence-electron chi connectivity index (χ1n) is 3.03. The van der Waals surface area contributed by atoms with Crippen LogP contribution in [0.2, 0.25) is 0 Å². The first kappa shape index (κ1) is 5.29. The molecular weight excluding hydrogens is 129 g/mol. The van der Waals surface area contributed by atoms with E-state index in [-0.39, 0.29) is 5.69 Å². The number of nitrogens with one attached hydrogen (secondary N) is 1. The lowest BCUT2D eigenvalue weighted by molar-refractivity contribution is 1.07. The SMILES string of the molecule is O=c1[nH]cc2cccc[15n]12. The fourth-order valence-electron chi connectivity index (χ4n) is 0.964. The van der Waals surface area contributed by atoms with Crippen molar-refractivity contribution in [2.75, 3.05) is 0 Å². The van der Waals surface area contributed by atoms with E-state index in [1.807, 2.05) is 18.2 Å². The molecule has 0 aliphatic carbocycles. The molecule has 0 atom stereocenters. The molecule has 2 rings (SSSR count). The van der Waals surface area contributed by atoms with E-state index in [1.165, 1.54) is 0 Å². The van der Waals surface area contributed by atoms with Crippen LogP contribution in [0.1, 0.15) is 0 Å². The van der Waals surface area contributed by atoms with Crippen molar-refractivity contribution in [2.45, 2.75) is 0 Å². The van der Waals surface area contributed by atoms with E-state index in [2.05, 4.69) is 4.98 Å². The number of aromatic nitrogens is 2. The first-order chi connectivity index (χ1) is 4.88. The van der Waals surface area contributed by atoms with Gasteiger partial charge in [0.25, 0.3) is 0 Å². The number of hydrogen-bond donors (Lipinski definition) is 1. The van der Waals surface area contributed by atoms with Gasteiger partial charge in [0.2, 0.25) is 0 Å². The molecule has 0 fully saturated rings. The third kappa shape index (κ3) is 0.572. The molecule has 0 aromatic carbocycles. The summed E-state index contributed by atoms with van der Waals surface area (Å²) in [6.07, 6.45) is 3.41. The van der Waals surface area contributed by atoms with Crippen LogP contribution in [0.25, 0.3) is 5.52 Å². The van der Waals surface area contributed by atoms with Gasteiger partial charge in [-0.3, -0.25) is 4.40 Å². The maximum atomic E-state index is 10.9. The zero-order chi connectivity index (χ0) is 6.97. The minimum absolute atomic E-state index is 0.0874. The predicted molar refractivity (Wildman–Crippen MR) is 38.0 cm³/mol. The molecule has 0 aliphatic rings. The number of hydrogen-bond acceptors (Lipinski definition) is 1. The Labute approximate surface area is 56.9 Å². The molecule has 2 heterocycles. The van der Waals surface area contributed by atoms with E-state index >= 15 is 0 Å². The standard InChI is InChI=1S/C7H6N2O/c10-7-8-5-6-3-1-2-4-9(6)7/h1-5H,(H,8,10)/i9+1. The van der Waals surface area contributed by atoms with Crippen LogP contribution in [-0.4, -0.2) is 9.38 Å². The highest BCUT2D eigenvalue weighted by molar-refractivity contribution is 5.43. The van der Waals surface area contributed by atoms with Gasteiger partial charge in [0.15, 0.2) is 0 Å². The summed E-state index contributed by atoms with van der Waals surface area (Å²) in [4.78, 5) is 13.5. The lowest BCUT2D eigenvalue weighted by Gasteiger charge is -1.86. The van der Waals surface area contributed by atoms with Crippen LogP contribution >= 0.6 is 0 Å². The van der Waals surface area contributed by atoms with Crippen molar-refractivity contribution in [3.8, 4) is 0 Å². The molecule has 2 aromatic heterocycles. The second-order valence-electron chi connectivity index (χ2n) is 2.09. The molecule has 0 bridgehead atoms. The fraction of sp³-hybridized carbons (Fsp3) is 0. The van der Waals surface area contributed by atoms with E-state index in [9.17, 15) is 4.79 Å². The normalized spacial score (nSPS) is 10.4. The Morgan fingerprint density at radius 1 is 1.40 bits per heavy atom. The van der Waals surface area contributed by atoms with Crippen molar-refractivity contribution in [3.63, 3.8) is 0 Å². The van der Waals surface area contributed by atoms with E-state index < -0.39 is 0 Å². The molecule has 3 nitrogen and oxygen atoms in total. The molecule has 1 N–H and O–H groups in total. The van der Waals surface area contributed by atoms with E-state index in [1.54, 1.807) is 16.8 Å². The number of nitrogens with zero attached hydrogens (tertiary/aromatic N) is 1. The van der Waals surface area contributed by atoms with Gasteiger partial charge in [0.05, 0.1) is 5.52 Å². The Hall–Kier alpha value is -1.51. The van der Waals surface area contributed by atoms with Gasteiger partial charge in [-0.1, -0.05) is 6.07 Å². The summed E-state index contributed by atoms with van der Waals surface area (Å²) in [7, 11) is 0. The third-order valence-electron chi connectivity index (χ3n) is 1.45. The lowest BCUT2D eigenvalue weighted by Crippen LogP contribution is -2.07. The average molecular weight is 135 g/mol. The second kappa shape index (κ2) is 1.73. The molecule has 0 amide bonds. The molecule has 0 aliphatic heterocycles. The topological polar surface area (TPSA) is 37.3 Å². The summed E-state index contributed by atoms with van der Waals surface area (Å²) < 4.78 is 1.56. The maximum absolute atomic E-state index is 10.9. The van der Waals surface area contributed by atoms with Crippen LogP contribution < -0.4 is 5.69 Å². The van der Waals surface area contributed by atoms with Crippen LogP contribution in [0.3, 0.4) is 0 Å². The largest absolute Gasteiger partial charge is 0.330 e. The quantitative estimate of drug-likeness (QED) is 0.565. The molecule has 0 saturated heterocycles. The van der Waals surface area contributed by atoms with Gasteiger partial charge in [-0.25, -0.2) is 4.79 Å². The smallest absolute Gasteiger partial charge is 0.312 e. The highest BCUT2D eigenvalue weighted by Gasteiger charge is 1.91. The van der Waals surface area contributed by atoms with Crippen molar-refractivity contribution >= 4 is 5.52 Å². The first-order valence-corrected chi connectivity index (χ1v) is 3.03. The van der Waals surface area contributed by atoms with Crippen LogP contribution in [0.5, 0.6) is 0 Å². The molecule has 0 spiro atoms. The monoisotopic (exact) mass is 135 g/mol. The Morgan fingerprint density at radius 3 is 3.10 bits per heavy atom. The Bertz CT molecular complexity index is 399. The number of fused-ring (bicyclic) bond motifs is 1. The summed E-state index contributed by atoms with van der Waals surface area (Å²) in [6, 6.07) is 5.59. The summed E-state index contributed by atoms with van der Waals surface area (Å²) in [5.74, 6) is 0. The van der Waals surface area contributed by atoms with Crippen molar-refractivity contribution in [3.05, 3.63) is 41.1 Å². The van der Waals surface area contributed by atoms with Gasteiger partial charge >= 0.3 is 5.69 Å². The minimum atomic E-state index is -0.0874. The zero-order valence-corrected chi connectivity index (χ0v) is 5.24. The molecule has 0 unspecified atom stereocenters. The van der Waals surface area contributed by atoms with Crippen molar-refractivity contribution < 1.29 is 0 Å². The van der Waals surface area contributed by atoms with Gasteiger partial charge in [-0.05, 0) is 12.1 Å². The molecule has 2 aromatic rings. The lowest BCUT2D eigenvalue weighted by atomic mass is 10.5. The summed E-state index contributed by atoms with van der Waals surface area (Å²) in [6.45, 7) is 0. The van der Waals surface area contributed by atoms with Crippen LogP contribution in [0.15, 0.2) is 35.4 Å². The molecular formula is C7H6N2O. The van der Waals surface area contributed by atoms with Crippen LogP contribution in [0.4, 0.5) is 0 Å². The van der Waals surface area contributed by atoms with Crippen molar-refractivity contribution in [2.24, 2.45) is 0 Å². The molecule has 0 saturated carbocycles. The van der Waals surface area contributed by atoms with Gasteiger partial charge in [0.1, 0.15) is 0 Å². The van der Waals surface area contributed by atoms with Gasteiger partial charge < -0.3 is 4.98 Å². The van der Waals surface area contributed by atoms with E-state index in [0.29, 0.717) is 0 Å². The Kier molecular flexibility index (Phi) is 0.917. The zero-order valence-electron chi connectivity index (χ0n) is 5.24. The van der Waals surface area contributed by atoms with Gasteiger partial charge in [0, 0.05) is 12.4 Å². The predicted octanol–water partition coefficient (Wildman–Crippen LogP) is 0.628. The maximum Gasteiger partial charge on any atom is 0.330 e. The van der Waals surface area contributed by atoms with Crippen LogP contribution in [0, 0.1) is 0 Å². The summed E-state index contributed by atoms with van der Waals surface area (Å²) in [5.41, 5.74) is 0.808. The number of imidazole rings is 1. The van der Waals surface area contributed by atoms with E-state index in [0.717, 1.165) is 5.52 Å². The fourth-order valence-corrected chi connectivity index (χ4v) is 0.964. The van der Waals surface area contributed by atoms with Crippen molar-refractivity contribution in [1.29, 1.82) is 0 Å². The minimum Gasteiger partial charge on any atom is -0.312 e. The van der Waals surface area contributed by atoms with E-state index in [4.69, 9.17) is 0 Å². The Morgan fingerprint density at radius 2 is 2.30 bits per heavy atom.